The molecule has 2 aliphatic heterocycles. The number of carbonyl (C=O) groups is 1. The van der Waals surface area contributed by atoms with E-state index in [1.807, 2.05) is 11.0 Å². The maximum absolute atomic E-state index is 13.1. The second kappa shape index (κ2) is 7.88. The Hall–Kier alpha value is -2.84. The van der Waals surface area contributed by atoms with E-state index in [1.54, 1.807) is 17.2 Å². The van der Waals surface area contributed by atoms with Gasteiger partial charge in [0.2, 0.25) is 0 Å². The van der Waals surface area contributed by atoms with Gasteiger partial charge in [-0.2, -0.15) is 13.2 Å². The lowest BCUT2D eigenvalue weighted by Gasteiger charge is -2.36. The second-order valence-electron chi connectivity index (χ2n) is 7.25. The third kappa shape index (κ3) is 4.13. The monoisotopic (exact) mass is 405 g/mol. The summed E-state index contributed by atoms with van der Waals surface area (Å²) < 4.78 is 38.1. The summed E-state index contributed by atoms with van der Waals surface area (Å²) in [4.78, 5) is 27.3. The van der Waals surface area contributed by atoms with E-state index in [9.17, 15) is 18.0 Å². The molecule has 29 heavy (non-hydrogen) atoms. The average Bonchev–Trinajstić information content (AvgIpc) is 3.28. The highest BCUT2D eigenvalue weighted by molar-refractivity contribution is 5.99. The predicted octanol–water partition coefficient (Wildman–Crippen LogP) is 3.06. The number of hydrogen-bond donors (Lipinski definition) is 0. The molecule has 0 bridgehead atoms. The number of pyridine rings is 2. The highest BCUT2D eigenvalue weighted by Gasteiger charge is 2.31. The number of aromatic nitrogens is 2. The van der Waals surface area contributed by atoms with Crippen LogP contribution in [-0.2, 0) is 6.18 Å². The van der Waals surface area contributed by atoms with E-state index in [0.717, 1.165) is 44.0 Å². The lowest BCUT2D eigenvalue weighted by atomic mass is 10.2. The maximum atomic E-state index is 13.1. The molecule has 0 aliphatic carbocycles. The van der Waals surface area contributed by atoms with E-state index in [4.69, 9.17) is 0 Å². The number of anilines is 2. The van der Waals surface area contributed by atoms with Gasteiger partial charge in [-0.25, -0.2) is 9.97 Å². The fourth-order valence-electron chi connectivity index (χ4n) is 3.79. The maximum Gasteiger partial charge on any atom is 0.417 e. The molecule has 4 rings (SSSR count). The SMILES string of the molecule is O=C(c1cccnc1N1CCCC1)N1CCN(c2ccc(C(F)(F)F)cn2)CC1. The lowest BCUT2D eigenvalue weighted by molar-refractivity contribution is -0.137. The predicted molar refractivity (Wildman–Crippen MR) is 103 cm³/mol. The molecular weight excluding hydrogens is 383 g/mol. The summed E-state index contributed by atoms with van der Waals surface area (Å²) in [5, 5.41) is 0. The normalized spacial score (nSPS) is 17.7. The van der Waals surface area contributed by atoms with Crippen molar-refractivity contribution in [3.63, 3.8) is 0 Å². The van der Waals surface area contributed by atoms with Crippen LogP contribution in [0.5, 0.6) is 0 Å². The van der Waals surface area contributed by atoms with Crippen molar-refractivity contribution in [2.45, 2.75) is 19.0 Å². The smallest absolute Gasteiger partial charge is 0.356 e. The van der Waals surface area contributed by atoms with E-state index in [1.165, 1.54) is 6.07 Å². The number of piperazine rings is 1. The van der Waals surface area contributed by atoms with Gasteiger partial charge in [-0.3, -0.25) is 4.79 Å². The van der Waals surface area contributed by atoms with Crippen molar-refractivity contribution < 1.29 is 18.0 Å². The molecule has 1 amide bonds. The standard InChI is InChI=1S/C20H22F3N5O/c21-20(22,23)15-5-6-17(25-14-15)26-10-12-28(13-11-26)19(29)16-4-3-7-24-18(16)27-8-1-2-9-27/h3-7,14H,1-2,8-13H2. The fraction of sp³-hybridized carbons (Fsp3) is 0.450. The van der Waals surface area contributed by atoms with Gasteiger partial charge in [0.15, 0.2) is 0 Å². The fourth-order valence-corrected chi connectivity index (χ4v) is 3.79. The van der Waals surface area contributed by atoms with Crippen LogP contribution in [0.1, 0.15) is 28.8 Å². The molecule has 0 radical (unpaired) electrons. The zero-order valence-electron chi connectivity index (χ0n) is 15.9. The number of hydrogen-bond acceptors (Lipinski definition) is 5. The number of nitrogens with zero attached hydrogens (tertiary/aromatic N) is 5. The first-order valence-corrected chi connectivity index (χ1v) is 9.71. The molecule has 2 aliphatic rings. The van der Waals surface area contributed by atoms with E-state index >= 15 is 0 Å². The molecule has 4 heterocycles. The summed E-state index contributed by atoms with van der Waals surface area (Å²) in [6, 6.07) is 6.01. The van der Waals surface area contributed by atoms with Crippen molar-refractivity contribution in [1.82, 2.24) is 14.9 Å². The molecule has 2 aromatic rings. The van der Waals surface area contributed by atoms with Gasteiger partial charge >= 0.3 is 6.18 Å². The zero-order chi connectivity index (χ0) is 20.4. The Morgan fingerprint density at radius 3 is 2.24 bits per heavy atom. The lowest BCUT2D eigenvalue weighted by Crippen LogP contribution is -2.49. The molecule has 6 nitrogen and oxygen atoms in total. The minimum absolute atomic E-state index is 0.0555. The van der Waals surface area contributed by atoms with Crippen molar-refractivity contribution in [2.75, 3.05) is 49.1 Å². The molecule has 2 fully saturated rings. The van der Waals surface area contributed by atoms with Crippen LogP contribution in [0.25, 0.3) is 0 Å². The quantitative estimate of drug-likeness (QED) is 0.786. The van der Waals surface area contributed by atoms with Crippen LogP contribution in [0.4, 0.5) is 24.8 Å². The Labute approximate surface area is 167 Å². The summed E-state index contributed by atoms with van der Waals surface area (Å²) in [6.45, 7) is 3.81. The number of rotatable bonds is 3. The van der Waals surface area contributed by atoms with E-state index in [2.05, 4.69) is 14.9 Å². The van der Waals surface area contributed by atoms with Crippen molar-refractivity contribution in [3.8, 4) is 0 Å². The summed E-state index contributed by atoms with van der Waals surface area (Å²) in [5.74, 6) is 1.17. The van der Waals surface area contributed by atoms with Gasteiger partial charge in [0, 0.05) is 51.7 Å². The minimum atomic E-state index is -4.40. The first-order chi connectivity index (χ1) is 13.9. The van der Waals surface area contributed by atoms with Gasteiger partial charge in [-0.05, 0) is 37.1 Å². The number of halogens is 3. The van der Waals surface area contributed by atoms with E-state index < -0.39 is 11.7 Å². The molecule has 2 aromatic heterocycles. The molecule has 0 saturated carbocycles. The van der Waals surface area contributed by atoms with E-state index in [0.29, 0.717) is 37.6 Å². The highest BCUT2D eigenvalue weighted by Crippen LogP contribution is 2.29. The van der Waals surface area contributed by atoms with Crippen LogP contribution < -0.4 is 9.80 Å². The summed E-state index contributed by atoms with van der Waals surface area (Å²) >= 11 is 0. The molecule has 0 unspecified atom stereocenters. The highest BCUT2D eigenvalue weighted by atomic mass is 19.4. The van der Waals surface area contributed by atoms with Crippen LogP contribution in [0.3, 0.4) is 0 Å². The first kappa shape index (κ1) is 19.5. The van der Waals surface area contributed by atoms with Gasteiger partial charge in [0.05, 0.1) is 11.1 Å². The van der Waals surface area contributed by atoms with Gasteiger partial charge in [-0.1, -0.05) is 0 Å². The Kier molecular flexibility index (Phi) is 5.29. The molecule has 0 spiro atoms. The first-order valence-electron chi connectivity index (χ1n) is 9.71. The Morgan fingerprint density at radius 2 is 1.62 bits per heavy atom. The molecule has 9 heteroatoms. The summed E-state index contributed by atoms with van der Waals surface area (Å²) in [7, 11) is 0. The molecule has 2 saturated heterocycles. The van der Waals surface area contributed by atoms with Gasteiger partial charge in [0.1, 0.15) is 11.6 Å². The third-order valence-corrected chi connectivity index (χ3v) is 5.39. The van der Waals surface area contributed by atoms with Crippen LogP contribution >= 0.6 is 0 Å². The molecule has 0 aromatic carbocycles. The summed E-state index contributed by atoms with van der Waals surface area (Å²) in [6.07, 6.45) is 0.364. The molecule has 0 atom stereocenters. The van der Waals surface area contributed by atoms with Gasteiger partial charge in [-0.15, -0.1) is 0 Å². The number of amides is 1. The van der Waals surface area contributed by atoms with Crippen LogP contribution in [-0.4, -0.2) is 60.0 Å². The van der Waals surface area contributed by atoms with Crippen molar-refractivity contribution in [1.29, 1.82) is 0 Å². The third-order valence-electron chi connectivity index (χ3n) is 5.39. The second-order valence-corrected chi connectivity index (χ2v) is 7.25. The Morgan fingerprint density at radius 1 is 0.897 bits per heavy atom. The zero-order valence-corrected chi connectivity index (χ0v) is 15.9. The number of carbonyl (C=O) groups excluding carboxylic acids is 1. The van der Waals surface area contributed by atoms with E-state index in [-0.39, 0.29) is 5.91 Å². The Bertz CT molecular complexity index is 857. The molecular formula is C20H22F3N5O. The van der Waals surface area contributed by atoms with Crippen molar-refractivity contribution in [2.24, 2.45) is 0 Å². The summed E-state index contributed by atoms with van der Waals surface area (Å²) in [5.41, 5.74) is -0.156. The van der Waals surface area contributed by atoms with Gasteiger partial charge in [0.25, 0.3) is 5.91 Å². The van der Waals surface area contributed by atoms with Crippen LogP contribution in [0, 0.1) is 0 Å². The van der Waals surface area contributed by atoms with Crippen LogP contribution in [0.2, 0.25) is 0 Å². The number of alkyl halides is 3. The Balaban J connectivity index is 1.42. The van der Waals surface area contributed by atoms with Crippen molar-refractivity contribution >= 4 is 17.5 Å². The minimum Gasteiger partial charge on any atom is -0.356 e. The van der Waals surface area contributed by atoms with Crippen LogP contribution in [0.15, 0.2) is 36.7 Å². The van der Waals surface area contributed by atoms with Gasteiger partial charge < -0.3 is 14.7 Å². The molecule has 0 N–H and O–H groups in total. The largest absolute Gasteiger partial charge is 0.417 e. The molecule has 154 valence electrons. The average molecular weight is 405 g/mol. The van der Waals surface area contributed by atoms with Crippen molar-refractivity contribution in [3.05, 3.63) is 47.8 Å². The topological polar surface area (TPSA) is 52.6 Å².